The van der Waals surface area contributed by atoms with Gasteiger partial charge in [-0.25, -0.2) is 0 Å². The summed E-state index contributed by atoms with van der Waals surface area (Å²) < 4.78 is 0. The second-order valence-corrected chi connectivity index (χ2v) is 4.26. The standard InChI is InChI=1S/C11H23N/c1-3-4-9-12-11-7-5-10(2)6-8-11/h10-12H,3-9H2,1-2H3. The molecule has 1 saturated carbocycles. The van der Waals surface area contributed by atoms with Crippen LogP contribution in [0.25, 0.3) is 0 Å². The molecule has 0 aromatic heterocycles. The van der Waals surface area contributed by atoms with Crippen molar-refractivity contribution in [2.75, 3.05) is 6.54 Å². The maximum absolute atomic E-state index is 3.64. The highest BCUT2D eigenvalue weighted by Crippen LogP contribution is 2.23. The van der Waals surface area contributed by atoms with Gasteiger partial charge in [0.05, 0.1) is 0 Å². The highest BCUT2D eigenvalue weighted by molar-refractivity contribution is 4.74. The molecule has 0 spiro atoms. The molecule has 1 heteroatoms. The van der Waals surface area contributed by atoms with Gasteiger partial charge in [-0.1, -0.05) is 20.3 Å². The Morgan fingerprint density at radius 1 is 1.17 bits per heavy atom. The molecule has 0 unspecified atom stereocenters. The summed E-state index contributed by atoms with van der Waals surface area (Å²) in [6.07, 6.45) is 8.34. The minimum absolute atomic E-state index is 0.841. The third kappa shape index (κ3) is 3.57. The summed E-state index contributed by atoms with van der Waals surface area (Å²) in [6, 6.07) is 0.841. The van der Waals surface area contributed by atoms with Crippen LogP contribution in [0.4, 0.5) is 0 Å². The van der Waals surface area contributed by atoms with E-state index in [0.717, 1.165) is 12.0 Å². The van der Waals surface area contributed by atoms with Crippen molar-refractivity contribution in [1.29, 1.82) is 0 Å². The Morgan fingerprint density at radius 3 is 2.42 bits per heavy atom. The van der Waals surface area contributed by atoms with Crippen LogP contribution in [0.5, 0.6) is 0 Å². The van der Waals surface area contributed by atoms with Gasteiger partial charge >= 0.3 is 0 Å². The quantitative estimate of drug-likeness (QED) is 0.638. The van der Waals surface area contributed by atoms with E-state index >= 15 is 0 Å². The minimum atomic E-state index is 0.841. The fourth-order valence-corrected chi connectivity index (χ4v) is 1.95. The molecule has 1 fully saturated rings. The van der Waals surface area contributed by atoms with Crippen molar-refractivity contribution in [3.05, 3.63) is 0 Å². The van der Waals surface area contributed by atoms with Gasteiger partial charge in [-0.2, -0.15) is 0 Å². The zero-order valence-corrected chi connectivity index (χ0v) is 8.60. The lowest BCUT2D eigenvalue weighted by atomic mass is 9.87. The van der Waals surface area contributed by atoms with Crippen LogP contribution in [-0.4, -0.2) is 12.6 Å². The van der Waals surface area contributed by atoms with E-state index in [1.165, 1.54) is 45.1 Å². The Morgan fingerprint density at radius 2 is 1.83 bits per heavy atom. The lowest BCUT2D eigenvalue weighted by Gasteiger charge is -2.26. The fraction of sp³-hybridized carbons (Fsp3) is 1.00. The van der Waals surface area contributed by atoms with Crippen molar-refractivity contribution in [2.24, 2.45) is 5.92 Å². The topological polar surface area (TPSA) is 12.0 Å². The van der Waals surface area contributed by atoms with Crippen LogP contribution in [0.1, 0.15) is 52.4 Å². The van der Waals surface area contributed by atoms with Crippen molar-refractivity contribution in [2.45, 2.75) is 58.4 Å². The number of hydrogen-bond acceptors (Lipinski definition) is 1. The largest absolute Gasteiger partial charge is 0.314 e. The monoisotopic (exact) mass is 169 g/mol. The maximum atomic E-state index is 3.64. The third-order valence-electron chi connectivity index (χ3n) is 2.98. The van der Waals surface area contributed by atoms with Crippen molar-refractivity contribution in [1.82, 2.24) is 5.32 Å². The van der Waals surface area contributed by atoms with Crippen LogP contribution in [0, 0.1) is 5.92 Å². The van der Waals surface area contributed by atoms with Crippen LogP contribution in [0.2, 0.25) is 0 Å². The SMILES string of the molecule is CCCCNC1CCC(C)CC1. The molecule has 1 nitrogen and oxygen atoms in total. The number of unbranched alkanes of at least 4 members (excludes halogenated alkanes) is 1. The Kier molecular flexibility index (Phi) is 4.67. The molecular formula is C11H23N. The summed E-state index contributed by atoms with van der Waals surface area (Å²) in [5.41, 5.74) is 0. The van der Waals surface area contributed by atoms with E-state index in [1.807, 2.05) is 0 Å². The van der Waals surface area contributed by atoms with Crippen molar-refractivity contribution in [3.63, 3.8) is 0 Å². The van der Waals surface area contributed by atoms with Crippen molar-refractivity contribution < 1.29 is 0 Å². The van der Waals surface area contributed by atoms with Gasteiger partial charge in [-0.15, -0.1) is 0 Å². The summed E-state index contributed by atoms with van der Waals surface area (Å²) >= 11 is 0. The molecule has 0 heterocycles. The van der Waals surface area contributed by atoms with Crippen LogP contribution in [-0.2, 0) is 0 Å². The molecular weight excluding hydrogens is 146 g/mol. The zero-order chi connectivity index (χ0) is 8.81. The summed E-state index contributed by atoms with van der Waals surface area (Å²) in [6.45, 7) is 5.86. The van der Waals surface area contributed by atoms with Crippen LogP contribution in [0.15, 0.2) is 0 Å². The van der Waals surface area contributed by atoms with Gasteiger partial charge in [0.15, 0.2) is 0 Å². The first-order valence-corrected chi connectivity index (χ1v) is 5.56. The number of hydrogen-bond donors (Lipinski definition) is 1. The predicted octanol–water partition coefficient (Wildman–Crippen LogP) is 2.95. The average Bonchev–Trinajstić information content (AvgIpc) is 2.09. The minimum Gasteiger partial charge on any atom is -0.314 e. The first-order valence-electron chi connectivity index (χ1n) is 5.56. The van der Waals surface area contributed by atoms with E-state index in [4.69, 9.17) is 0 Å². The third-order valence-corrected chi connectivity index (χ3v) is 2.98. The molecule has 1 N–H and O–H groups in total. The van der Waals surface area contributed by atoms with Gasteiger partial charge in [0.2, 0.25) is 0 Å². The second kappa shape index (κ2) is 5.58. The zero-order valence-electron chi connectivity index (χ0n) is 8.60. The highest BCUT2D eigenvalue weighted by atomic mass is 14.9. The van der Waals surface area contributed by atoms with E-state index in [9.17, 15) is 0 Å². The summed E-state index contributed by atoms with van der Waals surface area (Å²) in [7, 11) is 0. The molecule has 0 amide bonds. The van der Waals surface area contributed by atoms with Gasteiger partial charge in [0.25, 0.3) is 0 Å². The Hall–Kier alpha value is -0.0400. The summed E-state index contributed by atoms with van der Waals surface area (Å²) in [4.78, 5) is 0. The molecule has 12 heavy (non-hydrogen) atoms. The van der Waals surface area contributed by atoms with Gasteiger partial charge in [-0.05, 0) is 44.6 Å². The molecule has 0 saturated heterocycles. The van der Waals surface area contributed by atoms with Gasteiger partial charge in [-0.3, -0.25) is 0 Å². The normalized spacial score (nSPS) is 30.5. The predicted molar refractivity (Wildman–Crippen MR) is 54.3 cm³/mol. The molecule has 1 aliphatic carbocycles. The van der Waals surface area contributed by atoms with Crippen LogP contribution >= 0.6 is 0 Å². The highest BCUT2D eigenvalue weighted by Gasteiger charge is 2.16. The first kappa shape index (κ1) is 10.0. The summed E-state index contributed by atoms with van der Waals surface area (Å²) in [5.74, 6) is 0.981. The van der Waals surface area contributed by atoms with E-state index in [1.54, 1.807) is 0 Å². The lowest BCUT2D eigenvalue weighted by Crippen LogP contribution is -2.33. The lowest BCUT2D eigenvalue weighted by molar-refractivity contribution is 0.307. The van der Waals surface area contributed by atoms with E-state index in [2.05, 4.69) is 19.2 Å². The molecule has 72 valence electrons. The number of nitrogens with one attached hydrogen (secondary N) is 1. The smallest absolute Gasteiger partial charge is 0.00672 e. The Balaban J connectivity index is 2.01. The van der Waals surface area contributed by atoms with E-state index < -0.39 is 0 Å². The number of rotatable bonds is 4. The van der Waals surface area contributed by atoms with Gasteiger partial charge < -0.3 is 5.32 Å². The molecule has 0 aromatic carbocycles. The van der Waals surface area contributed by atoms with Crippen LogP contribution in [0.3, 0.4) is 0 Å². The van der Waals surface area contributed by atoms with E-state index in [-0.39, 0.29) is 0 Å². The average molecular weight is 169 g/mol. The first-order chi connectivity index (χ1) is 5.83. The molecule has 0 bridgehead atoms. The fourth-order valence-electron chi connectivity index (χ4n) is 1.95. The Labute approximate surface area is 76.9 Å². The van der Waals surface area contributed by atoms with Crippen LogP contribution < -0.4 is 5.32 Å². The molecule has 0 aliphatic heterocycles. The molecule has 0 radical (unpaired) electrons. The molecule has 1 aliphatic rings. The molecule has 1 rings (SSSR count). The second-order valence-electron chi connectivity index (χ2n) is 4.26. The Bertz CT molecular complexity index is 104. The molecule has 0 aromatic rings. The summed E-state index contributed by atoms with van der Waals surface area (Å²) in [5, 5.41) is 3.64. The maximum Gasteiger partial charge on any atom is 0.00672 e. The van der Waals surface area contributed by atoms with Crippen molar-refractivity contribution >= 4 is 0 Å². The van der Waals surface area contributed by atoms with E-state index in [0.29, 0.717) is 0 Å². The molecule has 0 atom stereocenters. The van der Waals surface area contributed by atoms with Gasteiger partial charge in [0.1, 0.15) is 0 Å². The van der Waals surface area contributed by atoms with Gasteiger partial charge in [0, 0.05) is 6.04 Å². The van der Waals surface area contributed by atoms with Crippen molar-refractivity contribution in [3.8, 4) is 0 Å².